The van der Waals surface area contributed by atoms with Crippen LogP contribution in [0.3, 0.4) is 0 Å². The molecule has 2 rings (SSSR count). The minimum atomic E-state index is 0.0786. The van der Waals surface area contributed by atoms with Crippen LogP contribution in [-0.4, -0.2) is 32.8 Å². The van der Waals surface area contributed by atoms with E-state index in [1.807, 2.05) is 12.1 Å². The van der Waals surface area contributed by atoms with Crippen LogP contribution < -0.4 is 15.4 Å². The minimum absolute atomic E-state index is 0.0786. The van der Waals surface area contributed by atoms with E-state index in [9.17, 15) is 0 Å². The molecule has 0 spiro atoms. The first-order chi connectivity index (χ1) is 8.63. The van der Waals surface area contributed by atoms with Gasteiger partial charge in [-0.15, -0.1) is 0 Å². The van der Waals surface area contributed by atoms with Crippen LogP contribution in [0.1, 0.15) is 25.8 Å². The van der Waals surface area contributed by atoms with E-state index in [0.717, 1.165) is 25.4 Å². The summed E-state index contributed by atoms with van der Waals surface area (Å²) in [4.78, 5) is 0. The lowest BCUT2D eigenvalue weighted by Crippen LogP contribution is -2.40. The first kappa shape index (κ1) is 13.4. The molecule has 2 N–H and O–H groups in total. The second kappa shape index (κ2) is 5.72. The maximum Gasteiger partial charge on any atom is 0.122 e. The predicted octanol–water partition coefficient (Wildman–Crippen LogP) is 1.92. The molecule has 1 atom stereocenters. The van der Waals surface area contributed by atoms with Crippen LogP contribution in [-0.2, 0) is 5.41 Å². The fraction of sp³-hybridized carbons (Fsp3) is 0.600. The van der Waals surface area contributed by atoms with Crippen molar-refractivity contribution in [3.63, 3.8) is 0 Å². The molecule has 1 unspecified atom stereocenters. The summed E-state index contributed by atoms with van der Waals surface area (Å²) in [5, 5.41) is 7.04. The number of benzene rings is 1. The van der Waals surface area contributed by atoms with Gasteiger partial charge in [-0.25, -0.2) is 0 Å². The van der Waals surface area contributed by atoms with Crippen LogP contribution in [0.5, 0.6) is 5.75 Å². The smallest absolute Gasteiger partial charge is 0.122 e. The second-order valence-electron chi connectivity index (χ2n) is 5.65. The van der Waals surface area contributed by atoms with Gasteiger partial charge in [0.1, 0.15) is 5.75 Å². The zero-order valence-corrected chi connectivity index (χ0v) is 11.6. The van der Waals surface area contributed by atoms with Crippen molar-refractivity contribution in [2.75, 3.05) is 26.7 Å². The highest BCUT2D eigenvalue weighted by atomic mass is 16.5. The molecule has 0 amide bonds. The highest BCUT2D eigenvalue weighted by Crippen LogP contribution is 2.30. The van der Waals surface area contributed by atoms with Crippen molar-refractivity contribution < 1.29 is 4.74 Å². The van der Waals surface area contributed by atoms with E-state index in [0.29, 0.717) is 6.04 Å². The molecular formula is C15H24N2O. The molecule has 1 aliphatic rings. The molecule has 18 heavy (non-hydrogen) atoms. The molecule has 0 saturated carbocycles. The summed E-state index contributed by atoms with van der Waals surface area (Å²) in [6.45, 7) is 7.72. The van der Waals surface area contributed by atoms with Gasteiger partial charge in [0.15, 0.2) is 0 Å². The average Bonchev–Trinajstić information content (AvgIpc) is 2.89. The van der Waals surface area contributed by atoms with Crippen molar-refractivity contribution >= 4 is 0 Å². The summed E-state index contributed by atoms with van der Waals surface area (Å²) in [5.41, 5.74) is 1.35. The zero-order valence-electron chi connectivity index (χ0n) is 11.6. The fourth-order valence-corrected chi connectivity index (χ4v) is 2.53. The lowest BCUT2D eigenvalue weighted by molar-refractivity contribution is 0.377. The van der Waals surface area contributed by atoms with Gasteiger partial charge >= 0.3 is 0 Å². The third-order valence-electron chi connectivity index (χ3n) is 3.73. The molecule has 1 heterocycles. The van der Waals surface area contributed by atoms with Crippen LogP contribution >= 0.6 is 0 Å². The Balaban J connectivity index is 2.04. The van der Waals surface area contributed by atoms with Gasteiger partial charge in [-0.3, -0.25) is 0 Å². The first-order valence-corrected chi connectivity index (χ1v) is 6.71. The van der Waals surface area contributed by atoms with Crippen LogP contribution in [0.2, 0.25) is 0 Å². The van der Waals surface area contributed by atoms with Crippen molar-refractivity contribution in [2.45, 2.75) is 31.7 Å². The summed E-state index contributed by atoms with van der Waals surface area (Å²) in [6.07, 6.45) is 1.22. The highest BCUT2D eigenvalue weighted by Gasteiger charge is 2.25. The Hall–Kier alpha value is -1.06. The topological polar surface area (TPSA) is 33.3 Å². The van der Waals surface area contributed by atoms with Crippen LogP contribution in [0.15, 0.2) is 24.3 Å². The molecule has 1 aromatic rings. The molecule has 0 aromatic heterocycles. The van der Waals surface area contributed by atoms with E-state index in [-0.39, 0.29) is 5.41 Å². The third kappa shape index (κ3) is 3.03. The summed E-state index contributed by atoms with van der Waals surface area (Å²) < 4.78 is 5.46. The number of nitrogens with one attached hydrogen (secondary N) is 2. The lowest BCUT2D eigenvalue weighted by Gasteiger charge is -2.29. The molecule has 0 aliphatic carbocycles. The van der Waals surface area contributed by atoms with Crippen LogP contribution in [0, 0.1) is 0 Å². The Morgan fingerprint density at radius 2 is 2.17 bits per heavy atom. The van der Waals surface area contributed by atoms with Crippen molar-refractivity contribution in [2.24, 2.45) is 0 Å². The van der Waals surface area contributed by atoms with E-state index in [4.69, 9.17) is 4.74 Å². The van der Waals surface area contributed by atoms with E-state index < -0.39 is 0 Å². The maximum absolute atomic E-state index is 5.46. The fourth-order valence-electron chi connectivity index (χ4n) is 2.53. The lowest BCUT2D eigenvalue weighted by atomic mass is 9.83. The summed E-state index contributed by atoms with van der Waals surface area (Å²) in [7, 11) is 1.74. The van der Waals surface area contributed by atoms with Gasteiger partial charge in [0.25, 0.3) is 0 Å². The first-order valence-electron chi connectivity index (χ1n) is 6.71. The van der Waals surface area contributed by atoms with Crippen molar-refractivity contribution in [1.82, 2.24) is 10.6 Å². The number of rotatable bonds is 5. The number of ether oxygens (including phenoxy) is 1. The zero-order chi connectivity index (χ0) is 13.0. The van der Waals surface area contributed by atoms with E-state index in [1.165, 1.54) is 12.0 Å². The minimum Gasteiger partial charge on any atom is -0.496 e. The van der Waals surface area contributed by atoms with Crippen molar-refractivity contribution in [1.29, 1.82) is 0 Å². The molecule has 0 bridgehead atoms. The number of methoxy groups -OCH3 is 1. The van der Waals surface area contributed by atoms with Gasteiger partial charge in [0.2, 0.25) is 0 Å². The largest absolute Gasteiger partial charge is 0.496 e. The van der Waals surface area contributed by atoms with Crippen molar-refractivity contribution in [3.8, 4) is 5.75 Å². The molecule has 3 heteroatoms. The van der Waals surface area contributed by atoms with Gasteiger partial charge in [0.05, 0.1) is 7.11 Å². The molecule has 100 valence electrons. The van der Waals surface area contributed by atoms with E-state index in [2.05, 4.69) is 36.6 Å². The normalized spacial score (nSPS) is 20.1. The van der Waals surface area contributed by atoms with Crippen LogP contribution in [0.4, 0.5) is 0 Å². The third-order valence-corrected chi connectivity index (χ3v) is 3.73. The molecule has 0 radical (unpaired) electrons. The summed E-state index contributed by atoms with van der Waals surface area (Å²) >= 11 is 0. The average molecular weight is 248 g/mol. The predicted molar refractivity (Wildman–Crippen MR) is 75.3 cm³/mol. The quantitative estimate of drug-likeness (QED) is 0.835. The Kier molecular flexibility index (Phi) is 4.25. The SMILES string of the molecule is COc1ccccc1C(C)(C)CNC1CCNC1. The Labute approximate surface area is 110 Å². The van der Waals surface area contributed by atoms with Gasteiger partial charge in [-0.2, -0.15) is 0 Å². The van der Waals surface area contributed by atoms with Gasteiger partial charge < -0.3 is 15.4 Å². The number of hydrogen-bond acceptors (Lipinski definition) is 3. The molecule has 1 aromatic carbocycles. The monoisotopic (exact) mass is 248 g/mol. The number of hydrogen-bond donors (Lipinski definition) is 2. The maximum atomic E-state index is 5.46. The molecule has 3 nitrogen and oxygen atoms in total. The molecule has 1 aliphatic heterocycles. The molecular weight excluding hydrogens is 224 g/mol. The highest BCUT2D eigenvalue weighted by molar-refractivity contribution is 5.39. The van der Waals surface area contributed by atoms with Gasteiger partial charge in [0, 0.05) is 30.1 Å². The Morgan fingerprint density at radius 1 is 1.39 bits per heavy atom. The summed E-state index contributed by atoms with van der Waals surface area (Å²) in [5.74, 6) is 0.980. The van der Waals surface area contributed by atoms with E-state index in [1.54, 1.807) is 7.11 Å². The second-order valence-corrected chi connectivity index (χ2v) is 5.65. The van der Waals surface area contributed by atoms with Crippen LogP contribution in [0.25, 0.3) is 0 Å². The van der Waals surface area contributed by atoms with Crippen molar-refractivity contribution in [3.05, 3.63) is 29.8 Å². The molecule has 1 saturated heterocycles. The Bertz CT molecular complexity index is 384. The molecule has 1 fully saturated rings. The van der Waals surface area contributed by atoms with Gasteiger partial charge in [-0.05, 0) is 19.0 Å². The summed E-state index contributed by atoms with van der Waals surface area (Å²) in [6, 6.07) is 8.91. The van der Waals surface area contributed by atoms with Gasteiger partial charge in [-0.1, -0.05) is 32.0 Å². The van der Waals surface area contributed by atoms with E-state index >= 15 is 0 Å². The standard InChI is InChI=1S/C15H24N2O/c1-15(2,11-17-12-8-9-16-10-12)13-6-4-5-7-14(13)18-3/h4-7,12,16-17H,8-11H2,1-3H3. The Morgan fingerprint density at radius 3 is 2.83 bits per heavy atom. The number of para-hydroxylation sites is 1.